The van der Waals surface area contributed by atoms with E-state index in [1.807, 2.05) is 17.8 Å². The monoisotopic (exact) mass is 335 g/mol. The van der Waals surface area contributed by atoms with Crippen molar-refractivity contribution in [2.45, 2.75) is 41.9 Å². The van der Waals surface area contributed by atoms with E-state index >= 15 is 0 Å². The molecule has 0 bridgehead atoms. The summed E-state index contributed by atoms with van der Waals surface area (Å²) in [4.78, 5) is 1.30. The lowest BCUT2D eigenvalue weighted by atomic mass is 9.69. The molecule has 0 aliphatic heterocycles. The maximum atomic E-state index is 9.78. The van der Waals surface area contributed by atoms with E-state index in [0.717, 1.165) is 6.42 Å². The van der Waals surface area contributed by atoms with Crippen LogP contribution in [0.25, 0.3) is 0 Å². The highest BCUT2D eigenvalue weighted by Crippen LogP contribution is 2.42. The number of rotatable bonds is 2. The predicted octanol–water partition coefficient (Wildman–Crippen LogP) is 0.00130. The van der Waals surface area contributed by atoms with Crippen molar-refractivity contribution in [3.8, 4) is 5.75 Å². The quantitative estimate of drug-likeness (QED) is 0.811. The first kappa shape index (κ1) is 17.2. The normalized spacial score (nSPS) is 22.5. The molecule has 0 amide bonds. The average Bonchev–Trinajstić information content (AvgIpc) is 2.47. The summed E-state index contributed by atoms with van der Waals surface area (Å²) in [5.41, 5.74) is 7.01. The van der Waals surface area contributed by atoms with Gasteiger partial charge in [0.15, 0.2) is 0 Å². The standard InChI is InChI=1S/C18H21NOS.ClH/c1-18(2)15-11-13(20)9-8-12(15)10-16(17(18)19)21-14-6-4-3-5-7-14;/h3-9,11,16-17,20H,10,19H2,1-2H3;1H/t16-,17+;/m0./s1. The van der Waals surface area contributed by atoms with Gasteiger partial charge in [0.25, 0.3) is 0 Å². The van der Waals surface area contributed by atoms with Gasteiger partial charge in [-0.05, 0) is 41.8 Å². The zero-order chi connectivity index (χ0) is 15.0. The van der Waals surface area contributed by atoms with E-state index in [1.54, 1.807) is 6.07 Å². The van der Waals surface area contributed by atoms with Crippen molar-refractivity contribution in [1.82, 2.24) is 0 Å². The molecule has 0 spiro atoms. The molecule has 0 saturated carbocycles. The van der Waals surface area contributed by atoms with Gasteiger partial charge in [-0.25, -0.2) is 0 Å². The van der Waals surface area contributed by atoms with Crippen molar-refractivity contribution in [2.75, 3.05) is 0 Å². The predicted molar refractivity (Wildman–Crippen MR) is 87.6 cm³/mol. The molecule has 4 heteroatoms. The van der Waals surface area contributed by atoms with E-state index in [0.29, 0.717) is 17.0 Å². The fraction of sp³-hybridized carbons (Fsp3) is 0.333. The molecule has 22 heavy (non-hydrogen) atoms. The number of benzene rings is 2. The number of aromatic hydroxyl groups is 1. The van der Waals surface area contributed by atoms with Crippen LogP contribution in [-0.2, 0) is 11.8 Å². The third-order valence-electron chi connectivity index (χ3n) is 4.62. The van der Waals surface area contributed by atoms with Gasteiger partial charge < -0.3 is 23.2 Å². The Morgan fingerprint density at radius 3 is 2.50 bits per heavy atom. The number of phenolic OH excluding ortho intramolecular Hbond substituents is 1. The van der Waals surface area contributed by atoms with E-state index in [4.69, 9.17) is 0 Å². The highest BCUT2D eigenvalue weighted by molar-refractivity contribution is 8.00. The molecule has 118 valence electrons. The molecular formula is C18H22ClNOS. The van der Waals surface area contributed by atoms with E-state index in [2.05, 4.69) is 56.0 Å². The van der Waals surface area contributed by atoms with Crippen molar-refractivity contribution < 1.29 is 23.2 Å². The fourth-order valence-corrected chi connectivity index (χ4v) is 4.59. The van der Waals surface area contributed by atoms with E-state index in [1.165, 1.54) is 16.0 Å². The Morgan fingerprint density at radius 1 is 1.14 bits per heavy atom. The number of phenols is 1. The van der Waals surface area contributed by atoms with Gasteiger partial charge in [0.05, 0.1) is 5.25 Å². The summed E-state index contributed by atoms with van der Waals surface area (Å²) in [5.74, 6) is 0.350. The first-order valence-corrected chi connectivity index (χ1v) is 8.23. The number of quaternary nitrogens is 1. The summed E-state index contributed by atoms with van der Waals surface area (Å²) in [6.45, 7) is 4.47. The number of fused-ring (bicyclic) bond motifs is 1. The third kappa shape index (κ3) is 3.12. The fourth-order valence-electron chi connectivity index (χ4n) is 3.16. The number of thioether (sulfide) groups is 1. The highest BCUT2D eigenvalue weighted by atomic mass is 35.5. The minimum atomic E-state index is -0.0290. The molecule has 3 rings (SSSR count). The van der Waals surface area contributed by atoms with Crippen LogP contribution in [0.2, 0.25) is 0 Å². The third-order valence-corrected chi connectivity index (χ3v) is 5.96. The van der Waals surface area contributed by atoms with Gasteiger partial charge in [0.1, 0.15) is 11.8 Å². The maximum absolute atomic E-state index is 9.78. The summed E-state index contributed by atoms with van der Waals surface area (Å²) >= 11 is 1.92. The smallest absolute Gasteiger partial charge is 0.115 e. The van der Waals surface area contributed by atoms with Crippen LogP contribution in [0.15, 0.2) is 53.4 Å². The van der Waals surface area contributed by atoms with E-state index < -0.39 is 0 Å². The number of halogens is 1. The van der Waals surface area contributed by atoms with Crippen molar-refractivity contribution in [2.24, 2.45) is 0 Å². The van der Waals surface area contributed by atoms with Crippen LogP contribution in [0.5, 0.6) is 5.75 Å². The SMILES string of the molecule is CC1(C)c2cc(O)ccc2C[C@H](Sc2ccccc2)[C@H]1[NH3+].[Cl-]. The molecule has 4 N–H and O–H groups in total. The molecule has 0 saturated heterocycles. The van der Waals surface area contributed by atoms with Crippen molar-refractivity contribution in [3.63, 3.8) is 0 Å². The zero-order valence-corrected chi connectivity index (χ0v) is 14.5. The lowest BCUT2D eigenvalue weighted by Gasteiger charge is -2.40. The molecule has 2 aromatic carbocycles. The van der Waals surface area contributed by atoms with Crippen LogP contribution in [-0.4, -0.2) is 16.4 Å². The molecule has 1 aliphatic rings. The van der Waals surface area contributed by atoms with Gasteiger partial charge in [-0.15, -0.1) is 11.8 Å². The van der Waals surface area contributed by atoms with E-state index in [9.17, 15) is 5.11 Å². The van der Waals surface area contributed by atoms with Crippen LogP contribution in [0.1, 0.15) is 25.0 Å². The van der Waals surface area contributed by atoms with Crippen LogP contribution in [0.3, 0.4) is 0 Å². The van der Waals surface area contributed by atoms with Crippen molar-refractivity contribution in [1.29, 1.82) is 0 Å². The molecule has 2 atom stereocenters. The van der Waals surface area contributed by atoms with Gasteiger partial charge in [-0.3, -0.25) is 0 Å². The molecule has 0 radical (unpaired) electrons. The lowest BCUT2D eigenvalue weighted by Crippen LogP contribution is -3.00. The molecule has 1 aliphatic carbocycles. The van der Waals surface area contributed by atoms with Gasteiger partial charge in [-0.1, -0.05) is 38.1 Å². The number of hydrogen-bond acceptors (Lipinski definition) is 2. The lowest BCUT2D eigenvalue weighted by molar-refractivity contribution is -0.435. The van der Waals surface area contributed by atoms with Crippen LogP contribution in [0.4, 0.5) is 0 Å². The Morgan fingerprint density at radius 2 is 1.82 bits per heavy atom. The Balaban J connectivity index is 0.00000176. The highest BCUT2D eigenvalue weighted by Gasteiger charge is 2.43. The second-order valence-electron chi connectivity index (χ2n) is 6.34. The molecule has 2 nitrogen and oxygen atoms in total. The van der Waals surface area contributed by atoms with Gasteiger partial charge in [-0.2, -0.15) is 0 Å². The Bertz CT molecular complexity index is 645. The minimum Gasteiger partial charge on any atom is -1.00 e. The van der Waals surface area contributed by atoms with Crippen LogP contribution in [0, 0.1) is 0 Å². The molecule has 0 unspecified atom stereocenters. The molecule has 0 heterocycles. The Kier molecular flexibility index (Phi) is 5.10. The summed E-state index contributed by atoms with van der Waals surface area (Å²) in [6.07, 6.45) is 1.01. The first-order chi connectivity index (χ1) is 9.98. The Hall–Kier alpha value is -1.16. The maximum Gasteiger partial charge on any atom is 0.115 e. The number of hydrogen-bond donors (Lipinski definition) is 2. The summed E-state index contributed by atoms with van der Waals surface area (Å²) in [7, 11) is 0. The summed E-state index contributed by atoms with van der Waals surface area (Å²) in [5, 5.41) is 10.2. The van der Waals surface area contributed by atoms with Gasteiger partial charge in [0.2, 0.25) is 0 Å². The van der Waals surface area contributed by atoms with Crippen molar-refractivity contribution >= 4 is 11.8 Å². The van der Waals surface area contributed by atoms with E-state index in [-0.39, 0.29) is 17.8 Å². The second kappa shape index (κ2) is 6.53. The molecule has 2 aromatic rings. The van der Waals surface area contributed by atoms with Crippen LogP contribution >= 0.6 is 11.8 Å². The average molecular weight is 336 g/mol. The minimum absolute atomic E-state index is 0. The topological polar surface area (TPSA) is 47.9 Å². The molecule has 0 aromatic heterocycles. The largest absolute Gasteiger partial charge is 1.00 e. The second-order valence-corrected chi connectivity index (χ2v) is 7.66. The molecular weight excluding hydrogens is 314 g/mol. The van der Waals surface area contributed by atoms with Crippen LogP contribution < -0.4 is 18.1 Å². The zero-order valence-electron chi connectivity index (χ0n) is 12.9. The summed E-state index contributed by atoms with van der Waals surface area (Å²) in [6, 6.07) is 16.6. The van der Waals surface area contributed by atoms with Crippen molar-refractivity contribution in [3.05, 3.63) is 59.7 Å². The summed E-state index contributed by atoms with van der Waals surface area (Å²) < 4.78 is 0. The first-order valence-electron chi connectivity index (χ1n) is 7.35. The van der Waals surface area contributed by atoms with Gasteiger partial charge >= 0.3 is 0 Å². The Labute approximate surface area is 142 Å². The van der Waals surface area contributed by atoms with Gasteiger partial charge in [0, 0.05) is 10.3 Å². The molecule has 0 fully saturated rings.